The Hall–Kier alpha value is -2.53. The van der Waals surface area contributed by atoms with E-state index in [1.54, 1.807) is 0 Å². The van der Waals surface area contributed by atoms with Gasteiger partial charge in [0.1, 0.15) is 6.10 Å². The lowest BCUT2D eigenvalue weighted by atomic mass is 9.97. The fourth-order valence-electron chi connectivity index (χ4n) is 2.70. The topological polar surface area (TPSA) is 71.8 Å². The van der Waals surface area contributed by atoms with Crippen LogP contribution in [0.15, 0.2) is 43.2 Å². The van der Waals surface area contributed by atoms with Crippen LogP contribution < -0.4 is 9.47 Å². The average molecular weight is 373 g/mol. The fourth-order valence-corrected chi connectivity index (χ4v) is 2.70. The minimum atomic E-state index is -0.700. The van der Waals surface area contributed by atoms with Gasteiger partial charge in [-0.3, -0.25) is 4.98 Å². The Labute approximate surface area is 162 Å². The third-order valence-corrected chi connectivity index (χ3v) is 3.92. The fraction of sp³-hybridized carbons (Fsp3) is 0.409. The molecule has 3 rings (SSSR count). The van der Waals surface area contributed by atoms with E-state index in [0.717, 1.165) is 53.8 Å². The zero-order valence-electron chi connectivity index (χ0n) is 16.7. The van der Waals surface area contributed by atoms with E-state index in [2.05, 4.69) is 25.4 Å². The lowest BCUT2D eigenvalue weighted by Crippen LogP contribution is -2.07. The van der Waals surface area contributed by atoms with Crippen LogP contribution in [0.5, 0.6) is 11.5 Å². The average Bonchev–Trinajstić information content (AvgIpc) is 3.17. The van der Waals surface area contributed by atoms with Gasteiger partial charge in [-0.1, -0.05) is 52.8 Å². The molecule has 5 nitrogen and oxygen atoms in total. The third kappa shape index (κ3) is 6.00. The predicted octanol–water partition coefficient (Wildman–Crippen LogP) is 5.12. The summed E-state index contributed by atoms with van der Waals surface area (Å²) in [6, 6.07) is 9.54. The van der Waals surface area contributed by atoms with Crippen molar-refractivity contribution in [2.45, 2.75) is 53.1 Å². The number of pyridine rings is 1. The normalized spacial score (nSPS) is 12.2. The van der Waals surface area contributed by atoms with E-state index in [1.165, 1.54) is 0 Å². The van der Waals surface area contributed by atoms with Gasteiger partial charge in [-0.2, -0.15) is 0 Å². The molecular formula is C22H31NO4. The van der Waals surface area contributed by atoms with E-state index in [1.807, 2.05) is 44.2 Å². The van der Waals surface area contributed by atoms with Gasteiger partial charge in [0.25, 0.3) is 0 Å². The molecule has 1 aromatic carbocycles. The maximum Gasteiger partial charge on any atom is 0.231 e. The van der Waals surface area contributed by atoms with Crippen molar-refractivity contribution < 1.29 is 19.7 Å². The highest BCUT2D eigenvalue weighted by Gasteiger charge is 2.20. The maximum absolute atomic E-state index is 10.8. The Kier molecular flexibility index (Phi) is 9.98. The molecule has 0 unspecified atom stereocenters. The third-order valence-electron chi connectivity index (χ3n) is 3.92. The molecule has 0 fully saturated rings. The van der Waals surface area contributed by atoms with Crippen LogP contribution in [0.1, 0.15) is 62.7 Å². The molecule has 0 spiro atoms. The van der Waals surface area contributed by atoms with Gasteiger partial charge in [0.2, 0.25) is 6.79 Å². The summed E-state index contributed by atoms with van der Waals surface area (Å²) in [5, 5.41) is 18.1. The van der Waals surface area contributed by atoms with Gasteiger partial charge >= 0.3 is 0 Å². The molecule has 0 amide bonds. The van der Waals surface area contributed by atoms with Crippen molar-refractivity contribution in [1.29, 1.82) is 0 Å². The molecule has 2 heterocycles. The van der Waals surface area contributed by atoms with Gasteiger partial charge < -0.3 is 19.7 Å². The molecule has 0 aliphatic carbocycles. The first-order valence-corrected chi connectivity index (χ1v) is 9.45. The van der Waals surface area contributed by atoms with Crippen molar-refractivity contribution in [2.75, 3.05) is 6.79 Å². The number of benzene rings is 1. The van der Waals surface area contributed by atoms with E-state index in [4.69, 9.17) is 14.6 Å². The van der Waals surface area contributed by atoms with Crippen molar-refractivity contribution in [3.63, 3.8) is 0 Å². The van der Waals surface area contributed by atoms with Gasteiger partial charge in [0.05, 0.1) is 6.26 Å². The monoisotopic (exact) mass is 373 g/mol. The van der Waals surface area contributed by atoms with E-state index < -0.39 is 6.10 Å². The number of rotatable bonds is 5. The van der Waals surface area contributed by atoms with E-state index in [-0.39, 0.29) is 6.79 Å². The summed E-state index contributed by atoms with van der Waals surface area (Å²) in [6.07, 6.45) is 2.82. The molecule has 5 heteroatoms. The Bertz CT molecular complexity index is 715. The minimum Gasteiger partial charge on any atom is -0.516 e. The summed E-state index contributed by atoms with van der Waals surface area (Å²) in [5.74, 6) is 1.41. The van der Waals surface area contributed by atoms with Crippen LogP contribution in [0.2, 0.25) is 0 Å². The molecule has 2 aromatic rings. The first-order valence-electron chi connectivity index (χ1n) is 9.45. The van der Waals surface area contributed by atoms with Crippen molar-refractivity contribution >= 4 is 0 Å². The molecule has 2 N–H and O–H groups in total. The number of aryl methyl sites for hydroxylation is 2. The SMILES string of the molecule is C=CO.CC.CCCc1nc(CC)ccc1[C@H](O)c1ccc2c(c1)OCO2. The van der Waals surface area contributed by atoms with Crippen molar-refractivity contribution in [3.8, 4) is 11.5 Å². The second-order valence-electron chi connectivity index (χ2n) is 5.64. The zero-order valence-corrected chi connectivity index (χ0v) is 16.7. The van der Waals surface area contributed by atoms with Crippen LogP contribution in [0.25, 0.3) is 0 Å². The first-order chi connectivity index (χ1) is 13.1. The molecule has 27 heavy (non-hydrogen) atoms. The highest BCUT2D eigenvalue weighted by atomic mass is 16.7. The minimum absolute atomic E-state index is 0.239. The quantitative estimate of drug-likeness (QED) is 0.712. The summed E-state index contributed by atoms with van der Waals surface area (Å²) in [7, 11) is 0. The molecule has 0 bridgehead atoms. The summed E-state index contributed by atoms with van der Waals surface area (Å²) in [6.45, 7) is 11.4. The maximum atomic E-state index is 10.8. The Balaban J connectivity index is 0.000000665. The Morgan fingerprint density at radius 3 is 2.44 bits per heavy atom. The number of aliphatic hydroxyl groups excluding tert-OH is 2. The highest BCUT2D eigenvalue weighted by Crippen LogP contribution is 2.36. The predicted molar refractivity (Wildman–Crippen MR) is 108 cm³/mol. The standard InChI is InChI=1S/C18H21NO3.C2H4O.C2H6/c1-3-5-15-14(8-7-13(4-2)19-15)18(20)12-6-9-16-17(10-12)22-11-21-16;1-2-3;1-2/h6-10,18,20H,3-5,11H2,1-2H3;2-3H,1H2;1-2H3/t18-;;/m1../s1. The van der Waals surface area contributed by atoms with Crippen LogP contribution in [0.4, 0.5) is 0 Å². The molecular weight excluding hydrogens is 342 g/mol. The molecule has 0 saturated heterocycles. The van der Waals surface area contributed by atoms with Gasteiger partial charge in [0, 0.05) is 17.0 Å². The molecule has 0 radical (unpaired) electrons. The number of aliphatic hydroxyl groups is 2. The summed E-state index contributed by atoms with van der Waals surface area (Å²) < 4.78 is 10.7. The lowest BCUT2D eigenvalue weighted by Gasteiger charge is -2.16. The van der Waals surface area contributed by atoms with Crippen LogP contribution in [-0.4, -0.2) is 22.0 Å². The number of fused-ring (bicyclic) bond motifs is 1. The van der Waals surface area contributed by atoms with Gasteiger partial charge in [-0.05, 0) is 36.6 Å². The second kappa shape index (κ2) is 12.0. The summed E-state index contributed by atoms with van der Waals surface area (Å²) in [4.78, 5) is 4.68. The van der Waals surface area contributed by atoms with Crippen LogP contribution >= 0.6 is 0 Å². The van der Waals surface area contributed by atoms with Gasteiger partial charge in [0.15, 0.2) is 11.5 Å². The van der Waals surface area contributed by atoms with Crippen molar-refractivity contribution in [1.82, 2.24) is 4.98 Å². The number of hydrogen-bond acceptors (Lipinski definition) is 5. The Morgan fingerprint density at radius 1 is 1.15 bits per heavy atom. The van der Waals surface area contributed by atoms with Crippen LogP contribution in [-0.2, 0) is 12.8 Å². The largest absolute Gasteiger partial charge is 0.516 e. The first kappa shape index (κ1) is 22.5. The van der Waals surface area contributed by atoms with E-state index in [0.29, 0.717) is 5.75 Å². The van der Waals surface area contributed by atoms with Gasteiger partial charge in [-0.25, -0.2) is 0 Å². The smallest absolute Gasteiger partial charge is 0.231 e. The molecule has 148 valence electrons. The Morgan fingerprint density at radius 2 is 1.81 bits per heavy atom. The molecule has 1 aliphatic heterocycles. The molecule has 1 aromatic heterocycles. The van der Waals surface area contributed by atoms with Crippen molar-refractivity contribution in [3.05, 3.63) is 65.7 Å². The number of ether oxygens (including phenoxy) is 2. The second-order valence-corrected chi connectivity index (χ2v) is 5.64. The highest BCUT2D eigenvalue weighted by molar-refractivity contribution is 5.47. The number of aromatic nitrogens is 1. The van der Waals surface area contributed by atoms with Crippen LogP contribution in [0.3, 0.4) is 0 Å². The lowest BCUT2D eigenvalue weighted by molar-refractivity contribution is 0.173. The van der Waals surface area contributed by atoms with Crippen molar-refractivity contribution in [2.24, 2.45) is 0 Å². The number of nitrogens with zero attached hydrogens (tertiary/aromatic N) is 1. The van der Waals surface area contributed by atoms with Crippen LogP contribution in [0, 0.1) is 0 Å². The van der Waals surface area contributed by atoms with E-state index in [9.17, 15) is 5.11 Å². The molecule has 0 saturated carbocycles. The molecule has 1 atom stereocenters. The molecule has 1 aliphatic rings. The summed E-state index contributed by atoms with van der Waals surface area (Å²) in [5.41, 5.74) is 3.71. The zero-order chi connectivity index (χ0) is 20.2. The summed E-state index contributed by atoms with van der Waals surface area (Å²) >= 11 is 0. The van der Waals surface area contributed by atoms with Gasteiger partial charge in [-0.15, -0.1) is 0 Å². The van der Waals surface area contributed by atoms with E-state index >= 15 is 0 Å². The number of hydrogen-bond donors (Lipinski definition) is 2.